The molecule has 0 fully saturated rings. The summed E-state index contributed by atoms with van der Waals surface area (Å²) in [4.78, 5) is 0. The van der Waals surface area contributed by atoms with Crippen molar-refractivity contribution >= 4 is 44.1 Å². The van der Waals surface area contributed by atoms with Crippen molar-refractivity contribution in [1.82, 2.24) is 0 Å². The van der Waals surface area contributed by atoms with Crippen LogP contribution in [0.3, 0.4) is 0 Å². The van der Waals surface area contributed by atoms with Gasteiger partial charge in [-0.25, -0.2) is 0 Å². The van der Waals surface area contributed by atoms with Gasteiger partial charge in [0, 0.05) is 0 Å². The molecule has 0 spiro atoms. The molecule has 2 rings (SSSR count). The van der Waals surface area contributed by atoms with Crippen LogP contribution in [0.2, 0.25) is 0 Å². The fourth-order valence-electron chi connectivity index (χ4n) is 3.88. The Morgan fingerprint density at radius 3 is 1.74 bits per heavy atom. The van der Waals surface area contributed by atoms with Crippen molar-refractivity contribution in [1.29, 1.82) is 0 Å². The molecule has 0 saturated heterocycles. The standard InChI is InChI=1S/C10H16OSi.C9H13.C3H6.2ClH.Ti/c1-5-6(2)9(11)8(4)10(12)7(5)3;1-6-5-7(2)9(4)8(6)3;1-3-2;;;/h11H,1-4,12H3;6H,1-4H3;1-2H3;2*1H;/q;;;;;+1/p-1. The van der Waals surface area contributed by atoms with E-state index in [4.69, 9.17) is 3.32 Å². The topological polar surface area (TPSA) is 9.23 Å². The zero-order valence-electron chi connectivity index (χ0n) is 18.8. The van der Waals surface area contributed by atoms with Crippen LogP contribution >= 0.6 is 24.8 Å². The maximum atomic E-state index is 6.94. The fourth-order valence-corrected chi connectivity index (χ4v) is 8.39. The Balaban J connectivity index is 0.00000338. The van der Waals surface area contributed by atoms with Gasteiger partial charge < -0.3 is 0 Å². The van der Waals surface area contributed by atoms with Gasteiger partial charge in [-0.2, -0.15) is 0 Å². The summed E-state index contributed by atoms with van der Waals surface area (Å²) in [7, 11) is 1.08. The minimum atomic E-state index is -1.96. The van der Waals surface area contributed by atoms with Crippen LogP contribution in [-0.2, 0) is 17.8 Å². The van der Waals surface area contributed by atoms with E-state index in [-0.39, 0.29) is 24.8 Å². The second-order valence-corrected chi connectivity index (χ2v) is 12.7. The summed E-state index contributed by atoms with van der Waals surface area (Å²) in [6.07, 6.45) is 0. The van der Waals surface area contributed by atoms with E-state index in [9.17, 15) is 0 Å². The predicted molar refractivity (Wildman–Crippen MR) is 127 cm³/mol. The molecule has 1 nitrogen and oxygen atoms in total. The number of hydrogen-bond donors (Lipinski definition) is 0. The van der Waals surface area contributed by atoms with Gasteiger partial charge in [-0.05, 0) is 0 Å². The second-order valence-electron chi connectivity index (χ2n) is 7.95. The number of rotatable bonds is 3. The molecule has 0 amide bonds. The van der Waals surface area contributed by atoms with Gasteiger partial charge >= 0.3 is 164 Å². The molecule has 1 unspecified atom stereocenters. The van der Waals surface area contributed by atoms with Crippen LogP contribution in [-0.4, -0.2) is 14.1 Å². The van der Waals surface area contributed by atoms with E-state index in [1.54, 1.807) is 3.88 Å². The summed E-state index contributed by atoms with van der Waals surface area (Å²) in [6.45, 7) is 22.8. The van der Waals surface area contributed by atoms with Crippen LogP contribution in [0.15, 0.2) is 20.6 Å². The summed E-state index contributed by atoms with van der Waals surface area (Å²) in [6, 6.07) is 0. The Kier molecular flexibility index (Phi) is 10.0. The normalized spacial score (nSPS) is 16.3. The Hall–Kier alpha value is -0.119. The summed E-state index contributed by atoms with van der Waals surface area (Å²) >= 11 is -1.96. The van der Waals surface area contributed by atoms with Crippen LogP contribution in [0.1, 0.15) is 63.8 Å². The predicted octanol–water partition coefficient (Wildman–Crippen LogP) is 5.14. The monoisotopic (exact) mass is 462 g/mol. The third-order valence-electron chi connectivity index (χ3n) is 6.47. The minimum Gasteiger partial charge on any atom is -0.147 e. The van der Waals surface area contributed by atoms with Gasteiger partial charge in [0.25, 0.3) is 0 Å². The Morgan fingerprint density at radius 2 is 1.33 bits per heavy atom. The molecule has 0 saturated carbocycles. The van der Waals surface area contributed by atoms with Gasteiger partial charge in [0.2, 0.25) is 0 Å². The van der Waals surface area contributed by atoms with Crippen molar-refractivity contribution in [2.75, 3.05) is 0 Å². The van der Waals surface area contributed by atoms with Crippen LogP contribution in [0.25, 0.3) is 0 Å². The maximum absolute atomic E-state index is 6.94. The SMILES string of the molecule is CC1=C(C)C(C)[C]([Ti]([O]c2c(C)c(C)c(C)c([SiH3])c2C)=[C](C)C)=C1C.Cl.Cl. The zero-order chi connectivity index (χ0) is 19.2. The van der Waals surface area contributed by atoms with E-state index in [0.717, 1.165) is 10.2 Å². The molecule has 152 valence electrons. The molecule has 0 aliphatic heterocycles. The molecule has 0 radical (unpaired) electrons. The van der Waals surface area contributed by atoms with E-state index in [1.165, 1.54) is 53.7 Å². The molecular formula is C22H36Cl2OSiTi. The summed E-state index contributed by atoms with van der Waals surface area (Å²) in [5.74, 6) is 1.71. The number of benzene rings is 1. The molecule has 0 heterocycles. The molecule has 0 N–H and O–H groups in total. The van der Waals surface area contributed by atoms with Gasteiger partial charge in [0.15, 0.2) is 0 Å². The van der Waals surface area contributed by atoms with Crippen molar-refractivity contribution in [3.63, 3.8) is 0 Å². The molecule has 5 heteroatoms. The average Bonchev–Trinajstić information content (AvgIpc) is 2.75. The number of hydrogen-bond acceptors (Lipinski definition) is 1. The molecule has 0 bridgehead atoms. The smallest absolute Gasteiger partial charge is 0.147 e. The number of allylic oxidation sites excluding steroid dienone is 4. The quantitative estimate of drug-likeness (QED) is 0.565. The first-order chi connectivity index (χ1) is 11.5. The van der Waals surface area contributed by atoms with Crippen molar-refractivity contribution in [2.24, 2.45) is 5.92 Å². The molecule has 1 aromatic rings. The Labute approximate surface area is 188 Å². The van der Waals surface area contributed by atoms with Crippen LogP contribution < -0.4 is 8.51 Å². The molecule has 1 aromatic carbocycles. The first kappa shape index (κ1) is 26.9. The Morgan fingerprint density at radius 1 is 0.815 bits per heavy atom. The molecule has 1 aliphatic rings. The van der Waals surface area contributed by atoms with Gasteiger partial charge in [-0.3, -0.25) is 0 Å². The second kappa shape index (κ2) is 10.1. The first-order valence-electron chi connectivity index (χ1n) is 9.31. The van der Waals surface area contributed by atoms with Crippen molar-refractivity contribution < 1.29 is 21.1 Å². The zero-order valence-corrected chi connectivity index (χ0v) is 24.0. The van der Waals surface area contributed by atoms with E-state index in [1.807, 2.05) is 0 Å². The van der Waals surface area contributed by atoms with E-state index in [2.05, 4.69) is 69.2 Å². The van der Waals surface area contributed by atoms with E-state index in [0.29, 0.717) is 5.92 Å². The fraction of sp³-hybridized carbons (Fsp3) is 0.500. The summed E-state index contributed by atoms with van der Waals surface area (Å²) in [5.41, 5.74) is 10.1. The molecule has 0 aromatic heterocycles. The first-order valence-corrected chi connectivity index (χ1v) is 12.5. The molecule has 27 heavy (non-hydrogen) atoms. The summed E-state index contributed by atoms with van der Waals surface area (Å²) in [5, 5.41) is 1.51. The molecule has 1 aliphatic carbocycles. The van der Waals surface area contributed by atoms with E-state index < -0.39 is 17.8 Å². The van der Waals surface area contributed by atoms with Gasteiger partial charge in [0.05, 0.1) is 0 Å². The summed E-state index contributed by atoms with van der Waals surface area (Å²) < 4.78 is 10.1. The van der Waals surface area contributed by atoms with E-state index >= 15 is 0 Å². The third-order valence-corrected chi connectivity index (χ3v) is 12.1. The average molecular weight is 463 g/mol. The van der Waals surface area contributed by atoms with Gasteiger partial charge in [-0.1, -0.05) is 0 Å². The van der Waals surface area contributed by atoms with Crippen LogP contribution in [0, 0.1) is 33.6 Å². The minimum absolute atomic E-state index is 0. The van der Waals surface area contributed by atoms with Crippen LogP contribution in [0.4, 0.5) is 0 Å². The maximum Gasteiger partial charge on any atom is -0.147 e. The molecular weight excluding hydrogens is 427 g/mol. The van der Waals surface area contributed by atoms with Crippen molar-refractivity contribution in [3.05, 3.63) is 42.9 Å². The number of halogens is 2. The van der Waals surface area contributed by atoms with Gasteiger partial charge in [-0.15, -0.1) is 24.8 Å². The molecule has 1 atom stereocenters. The van der Waals surface area contributed by atoms with Crippen molar-refractivity contribution in [2.45, 2.75) is 69.2 Å². The van der Waals surface area contributed by atoms with Crippen molar-refractivity contribution in [3.8, 4) is 5.75 Å². The van der Waals surface area contributed by atoms with Gasteiger partial charge in [0.1, 0.15) is 0 Å². The largest absolute Gasteiger partial charge is 0.147 e. The third kappa shape index (κ3) is 4.73. The van der Waals surface area contributed by atoms with Crippen LogP contribution in [0.5, 0.6) is 5.75 Å². The Bertz CT molecular complexity index is 817.